The number of aromatic nitrogens is 2. The summed E-state index contributed by atoms with van der Waals surface area (Å²) in [5.74, 6) is 0.618. The van der Waals surface area contributed by atoms with Crippen LogP contribution >= 0.6 is 11.6 Å². The van der Waals surface area contributed by atoms with Crippen molar-refractivity contribution >= 4 is 34.7 Å². The van der Waals surface area contributed by atoms with E-state index in [1.807, 2.05) is 66.7 Å². The third-order valence-corrected chi connectivity index (χ3v) is 3.09. The number of fused-ring (bicyclic) bond motifs is 1. The van der Waals surface area contributed by atoms with E-state index in [1.165, 1.54) is 0 Å². The lowest BCUT2D eigenvalue weighted by atomic mass is 10.2. The van der Waals surface area contributed by atoms with Crippen molar-refractivity contribution in [2.45, 2.75) is 0 Å². The van der Waals surface area contributed by atoms with E-state index < -0.39 is 0 Å². The molecule has 0 saturated heterocycles. The van der Waals surface area contributed by atoms with Crippen LogP contribution in [0.4, 0.5) is 0 Å². The molecule has 3 heteroatoms. The Kier molecular flexibility index (Phi) is 3.25. The summed E-state index contributed by atoms with van der Waals surface area (Å²) in [6, 6.07) is 17.7. The van der Waals surface area contributed by atoms with E-state index in [2.05, 4.69) is 9.97 Å². The normalized spacial score (nSPS) is 11.2. The maximum Gasteiger partial charge on any atom is 0.154 e. The topological polar surface area (TPSA) is 25.8 Å². The molecule has 0 aliphatic heterocycles. The van der Waals surface area contributed by atoms with Crippen molar-refractivity contribution in [2.75, 3.05) is 0 Å². The van der Waals surface area contributed by atoms with Crippen molar-refractivity contribution in [3.63, 3.8) is 0 Å². The summed E-state index contributed by atoms with van der Waals surface area (Å²) in [7, 11) is 0. The molecule has 92 valence electrons. The van der Waals surface area contributed by atoms with Gasteiger partial charge in [0.15, 0.2) is 5.82 Å². The average molecular weight is 267 g/mol. The monoisotopic (exact) mass is 266 g/mol. The largest absolute Gasteiger partial charge is 0.229 e. The Morgan fingerprint density at radius 3 is 2.37 bits per heavy atom. The lowest BCUT2D eigenvalue weighted by Gasteiger charge is -2.00. The second-order valence-corrected chi connectivity index (χ2v) is 4.49. The molecule has 0 unspecified atom stereocenters. The van der Waals surface area contributed by atoms with Crippen molar-refractivity contribution in [3.8, 4) is 0 Å². The highest BCUT2D eigenvalue weighted by Gasteiger charge is 2.02. The first-order chi connectivity index (χ1) is 9.33. The fourth-order valence-electron chi connectivity index (χ4n) is 1.86. The summed E-state index contributed by atoms with van der Waals surface area (Å²) in [6.07, 6.45) is 3.84. The molecule has 0 aliphatic rings. The molecule has 0 saturated carbocycles. The van der Waals surface area contributed by atoms with Gasteiger partial charge in [-0.3, -0.25) is 0 Å². The van der Waals surface area contributed by atoms with Crippen LogP contribution in [-0.4, -0.2) is 9.97 Å². The zero-order chi connectivity index (χ0) is 13.1. The van der Waals surface area contributed by atoms with Crippen LogP contribution < -0.4 is 0 Å². The van der Waals surface area contributed by atoms with Gasteiger partial charge in [0, 0.05) is 5.39 Å². The number of para-hydroxylation sites is 1. The fourth-order valence-corrected chi connectivity index (χ4v) is 2.11. The standard InChI is InChI=1S/C16H11ClN2/c17-16-13-8-4-5-9-14(13)18-15(19-16)11-10-12-6-2-1-3-7-12/h1-11H/b11-10+. The zero-order valence-electron chi connectivity index (χ0n) is 10.1. The molecule has 0 spiro atoms. The molecule has 0 aliphatic carbocycles. The Morgan fingerprint density at radius 2 is 1.53 bits per heavy atom. The maximum absolute atomic E-state index is 6.16. The number of benzene rings is 2. The van der Waals surface area contributed by atoms with Crippen molar-refractivity contribution in [3.05, 3.63) is 71.1 Å². The van der Waals surface area contributed by atoms with E-state index in [-0.39, 0.29) is 0 Å². The van der Waals surface area contributed by atoms with E-state index in [4.69, 9.17) is 11.6 Å². The van der Waals surface area contributed by atoms with Crippen LogP contribution in [0.25, 0.3) is 23.1 Å². The Hall–Kier alpha value is -2.19. The molecule has 1 heterocycles. The molecule has 1 aromatic heterocycles. The first-order valence-electron chi connectivity index (χ1n) is 5.98. The molecule has 19 heavy (non-hydrogen) atoms. The number of rotatable bonds is 2. The molecule has 3 rings (SSSR count). The van der Waals surface area contributed by atoms with Gasteiger partial charge in [-0.1, -0.05) is 60.1 Å². The third kappa shape index (κ3) is 2.64. The van der Waals surface area contributed by atoms with Gasteiger partial charge in [-0.05, 0) is 23.8 Å². The highest BCUT2D eigenvalue weighted by Crippen LogP contribution is 2.20. The highest BCUT2D eigenvalue weighted by atomic mass is 35.5. The molecule has 0 amide bonds. The molecule has 3 aromatic rings. The molecule has 2 aromatic carbocycles. The van der Waals surface area contributed by atoms with Crippen LogP contribution in [0.3, 0.4) is 0 Å². The molecule has 0 fully saturated rings. The molecular weight excluding hydrogens is 256 g/mol. The molecular formula is C16H11ClN2. The van der Waals surface area contributed by atoms with Gasteiger partial charge in [-0.2, -0.15) is 0 Å². The summed E-state index contributed by atoms with van der Waals surface area (Å²) in [5.41, 5.74) is 1.96. The quantitative estimate of drug-likeness (QED) is 0.640. The van der Waals surface area contributed by atoms with Gasteiger partial charge >= 0.3 is 0 Å². The molecule has 0 atom stereocenters. The van der Waals surface area contributed by atoms with Gasteiger partial charge in [0.2, 0.25) is 0 Å². The van der Waals surface area contributed by atoms with Gasteiger partial charge in [0.05, 0.1) is 5.52 Å². The van der Waals surface area contributed by atoms with Crippen LogP contribution in [0.5, 0.6) is 0 Å². The Morgan fingerprint density at radius 1 is 0.789 bits per heavy atom. The van der Waals surface area contributed by atoms with Crippen molar-refractivity contribution in [1.29, 1.82) is 0 Å². The highest BCUT2D eigenvalue weighted by molar-refractivity contribution is 6.34. The first-order valence-corrected chi connectivity index (χ1v) is 6.36. The number of nitrogens with zero attached hydrogens (tertiary/aromatic N) is 2. The average Bonchev–Trinajstić information content (AvgIpc) is 2.46. The SMILES string of the molecule is Clc1nc(/C=C/c2ccccc2)nc2ccccc12. The third-order valence-electron chi connectivity index (χ3n) is 2.80. The van der Waals surface area contributed by atoms with E-state index in [1.54, 1.807) is 0 Å². The zero-order valence-corrected chi connectivity index (χ0v) is 10.9. The predicted molar refractivity (Wildman–Crippen MR) is 79.9 cm³/mol. The van der Waals surface area contributed by atoms with Gasteiger partial charge in [-0.15, -0.1) is 0 Å². The summed E-state index contributed by atoms with van der Waals surface area (Å²) in [4.78, 5) is 8.75. The second-order valence-electron chi connectivity index (χ2n) is 4.13. The van der Waals surface area contributed by atoms with Crippen LogP contribution in [0.15, 0.2) is 54.6 Å². The number of halogens is 1. The molecule has 0 N–H and O–H groups in total. The van der Waals surface area contributed by atoms with Gasteiger partial charge in [-0.25, -0.2) is 9.97 Å². The Balaban J connectivity index is 2.00. The van der Waals surface area contributed by atoms with Crippen molar-refractivity contribution in [1.82, 2.24) is 9.97 Å². The summed E-state index contributed by atoms with van der Waals surface area (Å²) in [5, 5.41) is 1.36. The van der Waals surface area contributed by atoms with Crippen LogP contribution in [0, 0.1) is 0 Å². The van der Waals surface area contributed by atoms with Gasteiger partial charge in [0.1, 0.15) is 5.15 Å². The Labute approximate surface area is 116 Å². The molecule has 0 bridgehead atoms. The van der Waals surface area contributed by atoms with E-state index in [0.29, 0.717) is 11.0 Å². The minimum atomic E-state index is 0.485. The summed E-state index contributed by atoms with van der Waals surface area (Å²) >= 11 is 6.16. The molecule has 2 nitrogen and oxygen atoms in total. The fraction of sp³-hybridized carbons (Fsp3) is 0. The van der Waals surface area contributed by atoms with Crippen LogP contribution in [-0.2, 0) is 0 Å². The van der Waals surface area contributed by atoms with Crippen LogP contribution in [0.1, 0.15) is 11.4 Å². The lowest BCUT2D eigenvalue weighted by molar-refractivity contribution is 1.19. The van der Waals surface area contributed by atoms with Gasteiger partial charge in [0.25, 0.3) is 0 Å². The summed E-state index contributed by atoms with van der Waals surface area (Å²) in [6.45, 7) is 0. The van der Waals surface area contributed by atoms with E-state index in [9.17, 15) is 0 Å². The molecule has 0 radical (unpaired) electrons. The van der Waals surface area contributed by atoms with Gasteiger partial charge < -0.3 is 0 Å². The Bertz CT molecular complexity index is 736. The smallest absolute Gasteiger partial charge is 0.154 e. The summed E-state index contributed by atoms with van der Waals surface area (Å²) < 4.78 is 0. The maximum atomic E-state index is 6.16. The van der Waals surface area contributed by atoms with Crippen molar-refractivity contribution < 1.29 is 0 Å². The lowest BCUT2D eigenvalue weighted by Crippen LogP contribution is -1.90. The minimum absolute atomic E-state index is 0.485. The van der Waals surface area contributed by atoms with E-state index in [0.717, 1.165) is 16.5 Å². The van der Waals surface area contributed by atoms with E-state index >= 15 is 0 Å². The number of hydrogen-bond acceptors (Lipinski definition) is 2. The van der Waals surface area contributed by atoms with Crippen LogP contribution in [0.2, 0.25) is 5.15 Å². The predicted octanol–water partition coefficient (Wildman–Crippen LogP) is 4.45. The first kappa shape index (κ1) is 11.9. The van der Waals surface area contributed by atoms with Crippen molar-refractivity contribution in [2.24, 2.45) is 0 Å². The second kappa shape index (κ2) is 5.21. The number of hydrogen-bond donors (Lipinski definition) is 0. The minimum Gasteiger partial charge on any atom is -0.229 e.